The van der Waals surface area contributed by atoms with Crippen molar-refractivity contribution in [3.8, 4) is 0 Å². The van der Waals surface area contributed by atoms with E-state index >= 15 is 0 Å². The van der Waals surface area contributed by atoms with Crippen LogP contribution >= 0.6 is 0 Å². The summed E-state index contributed by atoms with van der Waals surface area (Å²) in [5.41, 5.74) is 0. The summed E-state index contributed by atoms with van der Waals surface area (Å²) in [7, 11) is 0. The summed E-state index contributed by atoms with van der Waals surface area (Å²) in [5, 5.41) is 3.56. The first kappa shape index (κ1) is 15.9. The van der Waals surface area contributed by atoms with Gasteiger partial charge in [-0.25, -0.2) is 0 Å². The normalized spacial score (nSPS) is 22.8. The quantitative estimate of drug-likeness (QED) is 0.642. The molecule has 0 aromatic heterocycles. The van der Waals surface area contributed by atoms with Crippen molar-refractivity contribution in [2.75, 3.05) is 32.8 Å². The average molecular weight is 256 g/mol. The minimum atomic E-state index is 0.659. The molecule has 3 heteroatoms. The van der Waals surface area contributed by atoms with Crippen molar-refractivity contribution in [3.63, 3.8) is 0 Å². The first-order chi connectivity index (χ1) is 8.66. The van der Waals surface area contributed by atoms with Gasteiger partial charge in [-0.2, -0.15) is 0 Å². The number of hydrogen-bond donors (Lipinski definition) is 1. The van der Waals surface area contributed by atoms with E-state index in [0.717, 1.165) is 44.7 Å². The Hall–Kier alpha value is -0.120. The Kier molecular flexibility index (Phi) is 7.87. The van der Waals surface area contributed by atoms with Crippen LogP contribution in [0.1, 0.15) is 47.0 Å². The molecule has 0 amide bonds. The van der Waals surface area contributed by atoms with E-state index in [4.69, 9.17) is 4.74 Å². The van der Waals surface area contributed by atoms with Crippen molar-refractivity contribution in [3.05, 3.63) is 0 Å². The van der Waals surface area contributed by atoms with E-state index in [1.165, 1.54) is 19.4 Å². The number of nitrogens with one attached hydrogen (secondary N) is 1. The van der Waals surface area contributed by atoms with Crippen LogP contribution < -0.4 is 5.32 Å². The SMILES string of the molecule is CCOCCCNCC(C)N1CCCC1C(C)C. The monoisotopic (exact) mass is 256 g/mol. The van der Waals surface area contributed by atoms with Gasteiger partial charge in [0.05, 0.1) is 0 Å². The Morgan fingerprint density at radius 2 is 2.11 bits per heavy atom. The molecule has 1 fully saturated rings. The number of hydrogen-bond acceptors (Lipinski definition) is 3. The maximum absolute atomic E-state index is 5.34. The highest BCUT2D eigenvalue weighted by molar-refractivity contribution is 4.85. The van der Waals surface area contributed by atoms with Gasteiger partial charge >= 0.3 is 0 Å². The van der Waals surface area contributed by atoms with Crippen LogP contribution in [0.4, 0.5) is 0 Å². The second-order valence-electron chi connectivity index (χ2n) is 5.80. The predicted octanol–water partition coefficient (Wildman–Crippen LogP) is 2.51. The first-order valence-corrected chi connectivity index (χ1v) is 7.71. The molecule has 2 atom stereocenters. The zero-order valence-corrected chi connectivity index (χ0v) is 12.7. The molecule has 1 aliphatic heterocycles. The van der Waals surface area contributed by atoms with E-state index in [-0.39, 0.29) is 0 Å². The van der Waals surface area contributed by atoms with Crippen LogP contribution in [0.3, 0.4) is 0 Å². The van der Waals surface area contributed by atoms with Crippen molar-refractivity contribution >= 4 is 0 Å². The van der Waals surface area contributed by atoms with Gasteiger partial charge in [-0.15, -0.1) is 0 Å². The Bertz CT molecular complexity index is 209. The lowest BCUT2D eigenvalue weighted by Gasteiger charge is -2.33. The lowest BCUT2D eigenvalue weighted by atomic mass is 10.0. The Labute approximate surface area is 113 Å². The van der Waals surface area contributed by atoms with Crippen molar-refractivity contribution < 1.29 is 4.74 Å². The summed E-state index contributed by atoms with van der Waals surface area (Å²) in [6.07, 6.45) is 3.87. The van der Waals surface area contributed by atoms with Gasteiger partial charge in [0.2, 0.25) is 0 Å². The molecular weight excluding hydrogens is 224 g/mol. The molecule has 108 valence electrons. The molecule has 1 aliphatic rings. The average Bonchev–Trinajstić information content (AvgIpc) is 2.82. The van der Waals surface area contributed by atoms with Crippen molar-refractivity contribution in [2.24, 2.45) is 5.92 Å². The van der Waals surface area contributed by atoms with Crippen LogP contribution in [0.15, 0.2) is 0 Å². The number of nitrogens with zero attached hydrogens (tertiary/aromatic N) is 1. The van der Waals surface area contributed by atoms with Gasteiger partial charge in [-0.3, -0.25) is 4.90 Å². The van der Waals surface area contributed by atoms with E-state index in [1.807, 2.05) is 0 Å². The summed E-state index contributed by atoms with van der Waals surface area (Å²) in [5.74, 6) is 0.785. The molecule has 0 radical (unpaired) electrons. The molecule has 0 saturated carbocycles. The summed E-state index contributed by atoms with van der Waals surface area (Å²) in [6.45, 7) is 14.3. The Morgan fingerprint density at radius 1 is 1.33 bits per heavy atom. The molecule has 1 heterocycles. The molecule has 0 bridgehead atoms. The molecular formula is C15H32N2O. The van der Waals surface area contributed by atoms with E-state index in [9.17, 15) is 0 Å². The predicted molar refractivity (Wildman–Crippen MR) is 78.0 cm³/mol. The largest absolute Gasteiger partial charge is 0.382 e. The maximum Gasteiger partial charge on any atom is 0.0477 e. The Balaban J connectivity index is 2.14. The topological polar surface area (TPSA) is 24.5 Å². The van der Waals surface area contributed by atoms with Crippen molar-refractivity contribution in [1.82, 2.24) is 10.2 Å². The van der Waals surface area contributed by atoms with E-state index in [2.05, 4.69) is 37.9 Å². The lowest BCUT2D eigenvalue weighted by Crippen LogP contribution is -2.45. The van der Waals surface area contributed by atoms with Gasteiger partial charge < -0.3 is 10.1 Å². The molecule has 0 aromatic carbocycles. The Morgan fingerprint density at radius 3 is 2.78 bits per heavy atom. The zero-order valence-electron chi connectivity index (χ0n) is 12.7. The van der Waals surface area contributed by atoms with Gasteiger partial charge in [-0.1, -0.05) is 13.8 Å². The molecule has 2 unspecified atom stereocenters. The van der Waals surface area contributed by atoms with Gasteiger partial charge in [0.25, 0.3) is 0 Å². The van der Waals surface area contributed by atoms with Crippen LogP contribution in [0.5, 0.6) is 0 Å². The molecule has 1 N–H and O–H groups in total. The van der Waals surface area contributed by atoms with Crippen molar-refractivity contribution in [2.45, 2.75) is 59.0 Å². The minimum Gasteiger partial charge on any atom is -0.382 e. The first-order valence-electron chi connectivity index (χ1n) is 7.71. The van der Waals surface area contributed by atoms with Crippen LogP contribution in [0.2, 0.25) is 0 Å². The molecule has 1 saturated heterocycles. The minimum absolute atomic E-state index is 0.659. The molecule has 1 rings (SSSR count). The second-order valence-corrected chi connectivity index (χ2v) is 5.80. The number of rotatable bonds is 9. The van der Waals surface area contributed by atoms with Gasteiger partial charge in [0, 0.05) is 31.8 Å². The van der Waals surface area contributed by atoms with Gasteiger partial charge in [0.15, 0.2) is 0 Å². The summed E-state index contributed by atoms with van der Waals surface area (Å²) >= 11 is 0. The third kappa shape index (κ3) is 5.25. The number of ether oxygens (including phenoxy) is 1. The van der Waals surface area contributed by atoms with Gasteiger partial charge in [0.1, 0.15) is 0 Å². The fourth-order valence-corrected chi connectivity index (χ4v) is 2.95. The highest BCUT2D eigenvalue weighted by Crippen LogP contribution is 2.25. The van der Waals surface area contributed by atoms with E-state index < -0.39 is 0 Å². The van der Waals surface area contributed by atoms with E-state index in [0.29, 0.717) is 6.04 Å². The highest BCUT2D eigenvalue weighted by atomic mass is 16.5. The number of likely N-dealkylation sites (tertiary alicyclic amines) is 1. The standard InChI is InChI=1S/C15H32N2O/c1-5-18-11-7-9-16-12-14(4)17-10-6-8-15(17)13(2)3/h13-16H,5-12H2,1-4H3. The lowest BCUT2D eigenvalue weighted by molar-refractivity contribution is 0.139. The fourth-order valence-electron chi connectivity index (χ4n) is 2.95. The third-order valence-corrected chi connectivity index (χ3v) is 3.96. The molecule has 18 heavy (non-hydrogen) atoms. The molecule has 0 aromatic rings. The fraction of sp³-hybridized carbons (Fsp3) is 1.00. The van der Waals surface area contributed by atoms with Crippen LogP contribution in [0.25, 0.3) is 0 Å². The molecule has 3 nitrogen and oxygen atoms in total. The highest BCUT2D eigenvalue weighted by Gasteiger charge is 2.29. The van der Waals surface area contributed by atoms with Crippen molar-refractivity contribution in [1.29, 1.82) is 0 Å². The zero-order chi connectivity index (χ0) is 13.4. The molecule has 0 aliphatic carbocycles. The van der Waals surface area contributed by atoms with E-state index in [1.54, 1.807) is 0 Å². The summed E-state index contributed by atoms with van der Waals surface area (Å²) < 4.78 is 5.34. The molecule has 0 spiro atoms. The smallest absolute Gasteiger partial charge is 0.0477 e. The van der Waals surface area contributed by atoms with Crippen LogP contribution in [0, 0.1) is 5.92 Å². The van der Waals surface area contributed by atoms with Crippen LogP contribution in [-0.4, -0.2) is 49.8 Å². The maximum atomic E-state index is 5.34. The summed E-state index contributed by atoms with van der Waals surface area (Å²) in [6, 6.07) is 1.46. The second kappa shape index (κ2) is 8.89. The van der Waals surface area contributed by atoms with Crippen LogP contribution in [-0.2, 0) is 4.74 Å². The third-order valence-electron chi connectivity index (χ3n) is 3.96. The van der Waals surface area contributed by atoms with Gasteiger partial charge in [-0.05, 0) is 52.1 Å². The summed E-state index contributed by atoms with van der Waals surface area (Å²) in [4.78, 5) is 2.69.